The molecule has 1 aliphatic carbocycles. The second-order valence-electron chi connectivity index (χ2n) is 6.07. The molecular formula is C16H31IN4. The maximum Gasteiger partial charge on any atom is 0.192 e. The molecule has 0 aromatic carbocycles. The van der Waals surface area contributed by atoms with Gasteiger partial charge in [0.25, 0.3) is 0 Å². The van der Waals surface area contributed by atoms with Crippen LogP contribution < -0.4 is 10.6 Å². The van der Waals surface area contributed by atoms with Crippen molar-refractivity contribution in [1.29, 1.82) is 0 Å². The van der Waals surface area contributed by atoms with Crippen LogP contribution in [0, 0.1) is 18.3 Å². The largest absolute Gasteiger partial charge is 0.357 e. The highest BCUT2D eigenvalue weighted by Gasteiger charge is 2.36. The van der Waals surface area contributed by atoms with Gasteiger partial charge in [0.05, 0.1) is 13.1 Å². The number of nitrogens with one attached hydrogen (secondary N) is 2. The monoisotopic (exact) mass is 406 g/mol. The van der Waals surface area contributed by atoms with E-state index < -0.39 is 0 Å². The lowest BCUT2D eigenvalue weighted by Gasteiger charge is -2.44. The molecule has 1 aliphatic rings. The summed E-state index contributed by atoms with van der Waals surface area (Å²) >= 11 is 0. The summed E-state index contributed by atoms with van der Waals surface area (Å²) in [6, 6.07) is 0. The molecule has 1 saturated carbocycles. The lowest BCUT2D eigenvalue weighted by Crippen LogP contribution is -2.51. The van der Waals surface area contributed by atoms with Crippen molar-refractivity contribution in [3.63, 3.8) is 0 Å². The number of rotatable bonds is 5. The predicted octanol–water partition coefficient (Wildman–Crippen LogP) is 2.30. The molecule has 2 unspecified atom stereocenters. The molecule has 4 nitrogen and oxygen atoms in total. The molecular weight excluding hydrogens is 375 g/mol. The van der Waals surface area contributed by atoms with E-state index in [9.17, 15) is 0 Å². The molecule has 122 valence electrons. The molecule has 0 aliphatic heterocycles. The van der Waals surface area contributed by atoms with E-state index in [0.717, 1.165) is 25.0 Å². The Balaban J connectivity index is 0.00000400. The lowest BCUT2D eigenvalue weighted by molar-refractivity contribution is 0.0845. The smallest absolute Gasteiger partial charge is 0.192 e. The third kappa shape index (κ3) is 6.43. The fourth-order valence-corrected chi connectivity index (χ4v) is 3.03. The van der Waals surface area contributed by atoms with Crippen LogP contribution in [0.4, 0.5) is 0 Å². The van der Waals surface area contributed by atoms with E-state index >= 15 is 0 Å². The fourth-order valence-electron chi connectivity index (χ4n) is 3.03. The Morgan fingerprint density at radius 1 is 1.43 bits per heavy atom. The summed E-state index contributed by atoms with van der Waals surface area (Å²) < 4.78 is 0. The van der Waals surface area contributed by atoms with Crippen LogP contribution >= 0.6 is 24.0 Å². The van der Waals surface area contributed by atoms with E-state index in [0.29, 0.717) is 6.54 Å². The van der Waals surface area contributed by atoms with Gasteiger partial charge in [-0.1, -0.05) is 25.7 Å². The van der Waals surface area contributed by atoms with Gasteiger partial charge in [0.15, 0.2) is 5.96 Å². The van der Waals surface area contributed by atoms with E-state index in [1.807, 2.05) is 0 Å². The van der Waals surface area contributed by atoms with Gasteiger partial charge in [0.2, 0.25) is 0 Å². The maximum absolute atomic E-state index is 5.30. The van der Waals surface area contributed by atoms with Crippen LogP contribution in [0.3, 0.4) is 0 Å². The summed E-state index contributed by atoms with van der Waals surface area (Å²) in [5.41, 5.74) is 0.191. The lowest BCUT2D eigenvalue weighted by atomic mass is 9.75. The number of aliphatic imine (C=N–C) groups is 1. The predicted molar refractivity (Wildman–Crippen MR) is 102 cm³/mol. The van der Waals surface area contributed by atoms with Gasteiger partial charge >= 0.3 is 0 Å². The average Bonchev–Trinajstić information content (AvgIpc) is 2.42. The number of terminal acetylenes is 1. The third-order valence-electron chi connectivity index (χ3n) is 4.25. The van der Waals surface area contributed by atoms with Crippen LogP contribution in [0.15, 0.2) is 4.99 Å². The quantitative estimate of drug-likeness (QED) is 0.319. The highest BCUT2D eigenvalue weighted by Crippen LogP contribution is 2.35. The average molecular weight is 406 g/mol. The number of likely N-dealkylation sites (N-methyl/N-ethyl adjacent to an activating group) is 1. The van der Waals surface area contributed by atoms with Crippen LogP contribution in [0.25, 0.3) is 0 Å². The highest BCUT2D eigenvalue weighted by molar-refractivity contribution is 14.0. The first-order valence-corrected chi connectivity index (χ1v) is 7.67. The molecule has 2 atom stereocenters. The van der Waals surface area contributed by atoms with Crippen molar-refractivity contribution in [2.45, 2.75) is 45.1 Å². The molecule has 0 aromatic rings. The Kier molecular flexibility index (Phi) is 10.0. The summed E-state index contributed by atoms with van der Waals surface area (Å²) in [4.78, 5) is 7.12. The second-order valence-corrected chi connectivity index (χ2v) is 6.07. The molecule has 21 heavy (non-hydrogen) atoms. The number of guanidine groups is 1. The Labute approximate surface area is 147 Å². The van der Waals surface area contributed by atoms with Crippen molar-refractivity contribution >= 4 is 29.9 Å². The molecule has 1 fully saturated rings. The van der Waals surface area contributed by atoms with Crippen LogP contribution in [-0.4, -0.2) is 50.1 Å². The van der Waals surface area contributed by atoms with Crippen molar-refractivity contribution in [1.82, 2.24) is 15.5 Å². The Morgan fingerprint density at radius 3 is 2.67 bits per heavy atom. The van der Waals surface area contributed by atoms with Crippen molar-refractivity contribution in [3.8, 4) is 12.3 Å². The number of hydrogen-bond donors (Lipinski definition) is 2. The molecule has 5 heteroatoms. The minimum atomic E-state index is 0. The minimum Gasteiger partial charge on any atom is -0.357 e. The van der Waals surface area contributed by atoms with Gasteiger partial charge < -0.3 is 15.5 Å². The first kappa shape index (κ1) is 20.5. The van der Waals surface area contributed by atoms with E-state index in [1.54, 1.807) is 0 Å². The van der Waals surface area contributed by atoms with Gasteiger partial charge in [0.1, 0.15) is 0 Å². The molecule has 0 aromatic heterocycles. The molecule has 0 radical (unpaired) electrons. The minimum absolute atomic E-state index is 0. The number of halogens is 1. The topological polar surface area (TPSA) is 39.7 Å². The van der Waals surface area contributed by atoms with Crippen LogP contribution in [0.5, 0.6) is 0 Å². The molecule has 2 N–H and O–H groups in total. The SMILES string of the molecule is C#CCNC(=NCC1(N(C)C)CCCC(C)C1)NCC.I. The summed E-state index contributed by atoms with van der Waals surface area (Å²) in [6.45, 7) is 6.60. The molecule has 0 spiro atoms. The summed E-state index contributed by atoms with van der Waals surface area (Å²) in [7, 11) is 4.35. The first-order chi connectivity index (χ1) is 9.54. The van der Waals surface area contributed by atoms with Crippen molar-refractivity contribution in [3.05, 3.63) is 0 Å². The number of hydrogen-bond acceptors (Lipinski definition) is 2. The Bertz CT molecular complexity index is 362. The molecule has 1 rings (SSSR count). The van der Waals surface area contributed by atoms with Gasteiger partial charge in [-0.3, -0.25) is 4.99 Å². The van der Waals surface area contributed by atoms with E-state index in [4.69, 9.17) is 11.4 Å². The van der Waals surface area contributed by atoms with Crippen molar-refractivity contribution in [2.24, 2.45) is 10.9 Å². The van der Waals surface area contributed by atoms with Gasteiger partial charge in [-0.05, 0) is 39.8 Å². The fraction of sp³-hybridized carbons (Fsp3) is 0.812. The Hall–Kier alpha value is -0.480. The van der Waals surface area contributed by atoms with Gasteiger partial charge in [-0.25, -0.2) is 0 Å². The van der Waals surface area contributed by atoms with Crippen LogP contribution in [-0.2, 0) is 0 Å². The van der Waals surface area contributed by atoms with E-state index in [1.165, 1.54) is 25.7 Å². The third-order valence-corrected chi connectivity index (χ3v) is 4.25. The highest BCUT2D eigenvalue weighted by atomic mass is 127. The van der Waals surface area contributed by atoms with Gasteiger partial charge in [0, 0.05) is 12.1 Å². The van der Waals surface area contributed by atoms with Gasteiger partial charge in [-0.15, -0.1) is 30.4 Å². The van der Waals surface area contributed by atoms with E-state index in [2.05, 4.69) is 49.4 Å². The normalized spacial score (nSPS) is 25.9. The zero-order valence-corrected chi connectivity index (χ0v) is 16.2. The molecule has 0 saturated heterocycles. The summed E-state index contributed by atoms with van der Waals surface area (Å²) in [5, 5.41) is 6.41. The zero-order valence-electron chi connectivity index (χ0n) is 13.9. The van der Waals surface area contributed by atoms with Crippen LogP contribution in [0.1, 0.15) is 39.5 Å². The van der Waals surface area contributed by atoms with Crippen molar-refractivity contribution in [2.75, 3.05) is 33.7 Å². The maximum atomic E-state index is 5.30. The zero-order chi connectivity index (χ0) is 15.0. The van der Waals surface area contributed by atoms with Crippen molar-refractivity contribution < 1.29 is 0 Å². The molecule has 0 heterocycles. The first-order valence-electron chi connectivity index (χ1n) is 7.67. The second kappa shape index (κ2) is 10.3. The van der Waals surface area contributed by atoms with Gasteiger partial charge in [-0.2, -0.15) is 0 Å². The van der Waals surface area contributed by atoms with Crippen LogP contribution in [0.2, 0.25) is 0 Å². The standard InChI is InChI=1S/C16H30N4.HI/c1-6-11-18-15(17-7-2)19-13-16(20(4)5)10-8-9-14(3)12-16;/h1,14H,7-13H2,2-5H3,(H2,17,18,19);1H. The van der Waals surface area contributed by atoms with E-state index in [-0.39, 0.29) is 29.5 Å². The number of nitrogens with zero attached hydrogens (tertiary/aromatic N) is 2. The summed E-state index contributed by atoms with van der Waals surface area (Å²) in [5.74, 6) is 4.20. The molecule has 0 bridgehead atoms. The summed E-state index contributed by atoms with van der Waals surface area (Å²) in [6.07, 6.45) is 10.4. The Morgan fingerprint density at radius 2 is 2.14 bits per heavy atom. The molecule has 0 amide bonds.